The standard InChI is InChI=1S/C14H16BrClFN3/c1-8-14(15)13(20(2)19-8)7-9(18)6-10-11(16)4-3-5-12(10)17/h3-5,9H,6-7,18H2,1-2H3. The van der Waals surface area contributed by atoms with Gasteiger partial charge in [-0.15, -0.1) is 0 Å². The van der Waals surface area contributed by atoms with Gasteiger partial charge in [0.2, 0.25) is 0 Å². The van der Waals surface area contributed by atoms with E-state index in [0.717, 1.165) is 15.9 Å². The molecule has 20 heavy (non-hydrogen) atoms. The van der Waals surface area contributed by atoms with Crippen molar-refractivity contribution in [3.63, 3.8) is 0 Å². The number of aryl methyl sites for hydroxylation is 2. The summed E-state index contributed by atoms with van der Waals surface area (Å²) < 4.78 is 16.5. The molecule has 0 amide bonds. The van der Waals surface area contributed by atoms with E-state index in [2.05, 4.69) is 21.0 Å². The van der Waals surface area contributed by atoms with Gasteiger partial charge in [-0.05, 0) is 41.4 Å². The van der Waals surface area contributed by atoms with Crippen LogP contribution in [-0.4, -0.2) is 15.8 Å². The van der Waals surface area contributed by atoms with Crippen LogP contribution in [0.5, 0.6) is 0 Å². The molecule has 0 spiro atoms. The van der Waals surface area contributed by atoms with E-state index in [0.29, 0.717) is 23.4 Å². The molecule has 108 valence electrons. The first-order valence-corrected chi connectivity index (χ1v) is 7.43. The van der Waals surface area contributed by atoms with Crippen LogP contribution in [0.4, 0.5) is 4.39 Å². The van der Waals surface area contributed by atoms with Crippen LogP contribution in [0.2, 0.25) is 5.02 Å². The van der Waals surface area contributed by atoms with E-state index in [9.17, 15) is 4.39 Å². The molecular weight excluding hydrogens is 345 g/mol. The quantitative estimate of drug-likeness (QED) is 0.908. The zero-order valence-corrected chi connectivity index (χ0v) is 13.7. The smallest absolute Gasteiger partial charge is 0.127 e. The minimum absolute atomic E-state index is 0.226. The summed E-state index contributed by atoms with van der Waals surface area (Å²) in [5, 5.41) is 4.74. The van der Waals surface area contributed by atoms with Gasteiger partial charge in [0, 0.05) is 30.1 Å². The van der Waals surface area contributed by atoms with Crippen molar-refractivity contribution in [2.24, 2.45) is 12.8 Å². The monoisotopic (exact) mass is 359 g/mol. The molecule has 1 unspecified atom stereocenters. The van der Waals surface area contributed by atoms with E-state index in [1.807, 2.05) is 14.0 Å². The Kier molecular flexibility index (Phi) is 4.83. The maximum Gasteiger partial charge on any atom is 0.127 e. The predicted octanol–water partition coefficient (Wildman–Crippen LogP) is 3.40. The minimum Gasteiger partial charge on any atom is -0.327 e. The Bertz CT molecular complexity index is 607. The fraction of sp³-hybridized carbons (Fsp3) is 0.357. The largest absolute Gasteiger partial charge is 0.327 e. The molecular formula is C14H16BrClFN3. The summed E-state index contributed by atoms with van der Waals surface area (Å²) in [7, 11) is 1.87. The summed E-state index contributed by atoms with van der Waals surface area (Å²) in [5.74, 6) is -0.312. The average Bonchev–Trinajstić information content (AvgIpc) is 2.61. The number of aromatic nitrogens is 2. The minimum atomic E-state index is -0.312. The topological polar surface area (TPSA) is 43.8 Å². The number of nitrogens with zero attached hydrogens (tertiary/aromatic N) is 2. The fourth-order valence-electron chi connectivity index (χ4n) is 2.21. The Morgan fingerprint density at radius 3 is 2.70 bits per heavy atom. The van der Waals surface area contributed by atoms with Gasteiger partial charge in [0.15, 0.2) is 0 Å². The Morgan fingerprint density at radius 1 is 1.45 bits per heavy atom. The highest BCUT2D eigenvalue weighted by Gasteiger charge is 2.17. The van der Waals surface area contributed by atoms with E-state index in [1.54, 1.807) is 16.8 Å². The third-order valence-corrected chi connectivity index (χ3v) is 4.63. The molecule has 2 aromatic rings. The third kappa shape index (κ3) is 3.22. The molecule has 0 saturated heterocycles. The highest BCUT2D eigenvalue weighted by Crippen LogP contribution is 2.24. The maximum atomic E-state index is 13.7. The number of nitrogens with two attached hydrogens (primary N) is 1. The van der Waals surface area contributed by atoms with E-state index in [1.165, 1.54) is 6.07 Å². The number of hydrogen-bond acceptors (Lipinski definition) is 2. The molecule has 3 nitrogen and oxygen atoms in total. The van der Waals surface area contributed by atoms with Gasteiger partial charge in [-0.25, -0.2) is 4.39 Å². The van der Waals surface area contributed by atoms with Gasteiger partial charge in [0.1, 0.15) is 5.82 Å². The lowest BCUT2D eigenvalue weighted by Crippen LogP contribution is -2.27. The zero-order chi connectivity index (χ0) is 14.9. The zero-order valence-electron chi connectivity index (χ0n) is 11.3. The Hall–Kier alpha value is -0.910. The SMILES string of the molecule is Cc1nn(C)c(CC(N)Cc2c(F)cccc2Cl)c1Br. The van der Waals surface area contributed by atoms with Crippen molar-refractivity contribution >= 4 is 27.5 Å². The molecule has 1 heterocycles. The first-order chi connectivity index (χ1) is 9.40. The van der Waals surface area contributed by atoms with Crippen molar-refractivity contribution in [3.8, 4) is 0 Å². The maximum absolute atomic E-state index is 13.7. The van der Waals surface area contributed by atoms with Crippen molar-refractivity contribution < 1.29 is 4.39 Å². The number of hydrogen-bond donors (Lipinski definition) is 1. The molecule has 1 aromatic heterocycles. The molecule has 2 N–H and O–H groups in total. The predicted molar refractivity (Wildman–Crippen MR) is 82.4 cm³/mol. The summed E-state index contributed by atoms with van der Waals surface area (Å²) in [6.45, 7) is 1.92. The van der Waals surface area contributed by atoms with Gasteiger partial charge in [-0.3, -0.25) is 4.68 Å². The molecule has 0 saturated carbocycles. The number of benzene rings is 1. The third-order valence-electron chi connectivity index (χ3n) is 3.25. The lowest BCUT2D eigenvalue weighted by molar-refractivity contribution is 0.571. The molecule has 6 heteroatoms. The molecule has 0 aliphatic heterocycles. The first-order valence-electron chi connectivity index (χ1n) is 6.26. The van der Waals surface area contributed by atoms with Crippen molar-refractivity contribution in [3.05, 3.63) is 50.5 Å². The van der Waals surface area contributed by atoms with Gasteiger partial charge < -0.3 is 5.73 Å². The second-order valence-electron chi connectivity index (χ2n) is 4.84. The van der Waals surface area contributed by atoms with Crippen LogP contribution in [-0.2, 0) is 19.9 Å². The van der Waals surface area contributed by atoms with Crippen molar-refractivity contribution in [2.45, 2.75) is 25.8 Å². The summed E-state index contributed by atoms with van der Waals surface area (Å²) in [4.78, 5) is 0. The van der Waals surface area contributed by atoms with Crippen LogP contribution in [0.15, 0.2) is 22.7 Å². The van der Waals surface area contributed by atoms with Crippen molar-refractivity contribution in [2.75, 3.05) is 0 Å². The van der Waals surface area contributed by atoms with Gasteiger partial charge in [-0.1, -0.05) is 17.7 Å². The van der Waals surface area contributed by atoms with E-state index in [4.69, 9.17) is 17.3 Å². The van der Waals surface area contributed by atoms with Crippen LogP contribution in [0.25, 0.3) is 0 Å². The molecule has 1 atom stereocenters. The number of halogens is 3. The van der Waals surface area contributed by atoms with Gasteiger partial charge in [0.25, 0.3) is 0 Å². The highest BCUT2D eigenvalue weighted by atomic mass is 79.9. The lowest BCUT2D eigenvalue weighted by atomic mass is 10.0. The van der Waals surface area contributed by atoms with Crippen LogP contribution >= 0.6 is 27.5 Å². The number of rotatable bonds is 4. The molecule has 0 aliphatic carbocycles. The summed E-state index contributed by atoms with van der Waals surface area (Å²) in [5.41, 5.74) is 8.52. The fourth-order valence-corrected chi connectivity index (χ4v) is 2.95. The summed E-state index contributed by atoms with van der Waals surface area (Å²) in [6, 6.07) is 4.44. The van der Waals surface area contributed by atoms with Gasteiger partial charge in [0.05, 0.1) is 15.9 Å². The lowest BCUT2D eigenvalue weighted by Gasteiger charge is -2.14. The molecule has 0 fully saturated rings. The van der Waals surface area contributed by atoms with E-state index >= 15 is 0 Å². The van der Waals surface area contributed by atoms with Gasteiger partial charge >= 0.3 is 0 Å². The molecule has 0 bridgehead atoms. The molecule has 2 rings (SSSR count). The van der Waals surface area contributed by atoms with Crippen molar-refractivity contribution in [1.82, 2.24) is 9.78 Å². The highest BCUT2D eigenvalue weighted by molar-refractivity contribution is 9.10. The van der Waals surface area contributed by atoms with E-state index < -0.39 is 0 Å². The van der Waals surface area contributed by atoms with E-state index in [-0.39, 0.29) is 11.9 Å². The Labute approximate surface area is 131 Å². The normalized spacial score (nSPS) is 12.7. The van der Waals surface area contributed by atoms with Crippen LogP contribution < -0.4 is 5.73 Å². The van der Waals surface area contributed by atoms with Crippen molar-refractivity contribution in [1.29, 1.82) is 0 Å². The second kappa shape index (κ2) is 6.24. The van der Waals surface area contributed by atoms with Gasteiger partial charge in [-0.2, -0.15) is 5.10 Å². The summed E-state index contributed by atoms with van der Waals surface area (Å²) in [6.07, 6.45) is 0.991. The Morgan fingerprint density at radius 2 is 2.15 bits per heavy atom. The average molecular weight is 361 g/mol. The molecule has 1 aromatic carbocycles. The van der Waals surface area contributed by atoms with Crippen LogP contribution in [0, 0.1) is 12.7 Å². The second-order valence-corrected chi connectivity index (χ2v) is 6.04. The first kappa shape index (κ1) is 15.5. The summed E-state index contributed by atoms with van der Waals surface area (Å²) >= 11 is 9.53. The molecule has 0 aliphatic rings. The van der Waals surface area contributed by atoms with Crippen LogP contribution in [0.3, 0.4) is 0 Å². The van der Waals surface area contributed by atoms with Crippen LogP contribution in [0.1, 0.15) is 17.0 Å². The Balaban J connectivity index is 2.15. The molecule has 0 radical (unpaired) electrons.